The normalized spacial score (nSPS) is 19.2. The summed E-state index contributed by atoms with van der Waals surface area (Å²) in [4.78, 5) is 23.8. The van der Waals surface area contributed by atoms with Crippen molar-refractivity contribution in [3.63, 3.8) is 0 Å². The fourth-order valence-electron chi connectivity index (χ4n) is 2.39. The highest BCUT2D eigenvalue weighted by Gasteiger charge is 2.29. The first-order valence-electron chi connectivity index (χ1n) is 7.69. The maximum atomic E-state index is 11.9. The van der Waals surface area contributed by atoms with Crippen molar-refractivity contribution in [3.05, 3.63) is 29.8 Å². The highest BCUT2D eigenvalue weighted by atomic mass is 35.5. The molecule has 8 heteroatoms. The Morgan fingerprint density at radius 1 is 1.21 bits per heavy atom. The summed E-state index contributed by atoms with van der Waals surface area (Å²) in [5.41, 5.74) is 6.06. The van der Waals surface area contributed by atoms with E-state index in [9.17, 15) is 9.59 Å². The van der Waals surface area contributed by atoms with Gasteiger partial charge in [0.2, 0.25) is 5.91 Å². The molecular formula is C16H24ClN3O4. The number of amides is 2. The first kappa shape index (κ1) is 20.2. The minimum Gasteiger partial charge on any atom is -0.497 e. The van der Waals surface area contributed by atoms with Gasteiger partial charge in [0.1, 0.15) is 11.9 Å². The van der Waals surface area contributed by atoms with Crippen molar-refractivity contribution in [2.75, 3.05) is 26.7 Å². The van der Waals surface area contributed by atoms with E-state index in [1.54, 1.807) is 31.4 Å². The molecule has 134 valence electrons. The van der Waals surface area contributed by atoms with E-state index >= 15 is 0 Å². The lowest BCUT2D eigenvalue weighted by molar-refractivity contribution is -0.131. The molecule has 7 nitrogen and oxygen atoms in total. The van der Waals surface area contributed by atoms with Crippen molar-refractivity contribution in [2.24, 2.45) is 5.73 Å². The number of hydrogen-bond donors (Lipinski definition) is 3. The Bertz CT molecular complexity index is 539. The van der Waals surface area contributed by atoms with Crippen LogP contribution in [0.15, 0.2) is 24.3 Å². The second-order valence-electron chi connectivity index (χ2n) is 5.34. The highest BCUT2D eigenvalue weighted by molar-refractivity contribution is 5.94. The number of hydrogen-bond acceptors (Lipinski definition) is 5. The summed E-state index contributed by atoms with van der Waals surface area (Å²) >= 11 is 0. The van der Waals surface area contributed by atoms with Crippen molar-refractivity contribution in [1.29, 1.82) is 0 Å². The van der Waals surface area contributed by atoms with Gasteiger partial charge < -0.3 is 25.8 Å². The summed E-state index contributed by atoms with van der Waals surface area (Å²) < 4.78 is 10.5. The molecule has 1 aliphatic heterocycles. The molecule has 0 radical (unpaired) electrons. The summed E-state index contributed by atoms with van der Waals surface area (Å²) in [6.45, 7) is 1.14. The topological polar surface area (TPSA) is 103 Å². The van der Waals surface area contributed by atoms with Crippen LogP contribution < -0.4 is 21.1 Å². The Balaban J connectivity index is 0.00000288. The Kier molecular flexibility index (Phi) is 8.53. The van der Waals surface area contributed by atoms with E-state index in [-0.39, 0.29) is 30.3 Å². The predicted octanol–water partition coefficient (Wildman–Crippen LogP) is 0.469. The average molecular weight is 358 g/mol. The maximum Gasteiger partial charge on any atom is 0.251 e. The van der Waals surface area contributed by atoms with Crippen molar-refractivity contribution in [1.82, 2.24) is 10.6 Å². The van der Waals surface area contributed by atoms with Gasteiger partial charge in [0.05, 0.1) is 13.2 Å². The second-order valence-corrected chi connectivity index (χ2v) is 5.34. The monoisotopic (exact) mass is 357 g/mol. The molecule has 0 unspecified atom stereocenters. The first-order chi connectivity index (χ1) is 11.1. The first-order valence-corrected chi connectivity index (χ1v) is 7.69. The average Bonchev–Trinajstić information content (AvgIpc) is 3.07. The molecule has 1 fully saturated rings. The molecule has 2 rings (SSSR count). The largest absolute Gasteiger partial charge is 0.497 e. The molecule has 2 atom stereocenters. The SMILES string of the molecule is COc1ccc(C(=O)NCCNC(=O)[C@@H]2CC[C@H](CN)O2)cc1.Cl. The zero-order valence-electron chi connectivity index (χ0n) is 13.6. The van der Waals surface area contributed by atoms with E-state index in [4.69, 9.17) is 15.2 Å². The van der Waals surface area contributed by atoms with Crippen LogP contribution in [0.5, 0.6) is 5.75 Å². The molecule has 1 heterocycles. The number of nitrogens with two attached hydrogens (primary N) is 1. The van der Waals surface area contributed by atoms with Crippen LogP contribution in [0.3, 0.4) is 0 Å². The van der Waals surface area contributed by atoms with Gasteiger partial charge in [-0.15, -0.1) is 12.4 Å². The molecule has 1 aromatic carbocycles. The number of halogens is 1. The molecule has 0 aliphatic carbocycles. The molecule has 0 aromatic heterocycles. The van der Waals surface area contributed by atoms with E-state index < -0.39 is 6.10 Å². The molecule has 4 N–H and O–H groups in total. The number of carbonyl (C=O) groups is 2. The van der Waals surface area contributed by atoms with Crippen molar-refractivity contribution in [3.8, 4) is 5.75 Å². The molecule has 0 saturated carbocycles. The summed E-state index contributed by atoms with van der Waals surface area (Å²) in [7, 11) is 1.57. The van der Waals surface area contributed by atoms with Crippen LogP contribution in [0.25, 0.3) is 0 Å². The van der Waals surface area contributed by atoms with Crippen LogP contribution in [0, 0.1) is 0 Å². The van der Waals surface area contributed by atoms with Crippen LogP contribution in [0.4, 0.5) is 0 Å². The molecule has 0 bridgehead atoms. The third-order valence-corrected chi connectivity index (χ3v) is 3.72. The van der Waals surface area contributed by atoms with Crippen LogP contribution in [-0.4, -0.2) is 50.8 Å². The van der Waals surface area contributed by atoms with Crippen LogP contribution in [0.1, 0.15) is 23.2 Å². The van der Waals surface area contributed by atoms with Gasteiger partial charge in [0, 0.05) is 25.2 Å². The molecule has 1 aliphatic rings. The number of methoxy groups -OCH3 is 1. The predicted molar refractivity (Wildman–Crippen MR) is 92.5 cm³/mol. The Morgan fingerprint density at radius 3 is 2.46 bits per heavy atom. The molecule has 1 saturated heterocycles. The number of benzene rings is 1. The molecular weight excluding hydrogens is 334 g/mol. The van der Waals surface area contributed by atoms with Gasteiger partial charge in [-0.1, -0.05) is 0 Å². The number of carbonyl (C=O) groups excluding carboxylic acids is 2. The van der Waals surface area contributed by atoms with E-state index in [0.29, 0.717) is 37.4 Å². The van der Waals surface area contributed by atoms with Gasteiger partial charge in [-0.2, -0.15) is 0 Å². The van der Waals surface area contributed by atoms with Crippen LogP contribution >= 0.6 is 12.4 Å². The van der Waals surface area contributed by atoms with Crippen molar-refractivity contribution in [2.45, 2.75) is 25.0 Å². The fourth-order valence-corrected chi connectivity index (χ4v) is 2.39. The minimum absolute atomic E-state index is 0. The lowest BCUT2D eigenvalue weighted by Gasteiger charge is -2.13. The number of ether oxygens (including phenoxy) is 2. The van der Waals surface area contributed by atoms with Crippen LogP contribution in [-0.2, 0) is 9.53 Å². The Labute approximate surface area is 147 Å². The van der Waals surface area contributed by atoms with Gasteiger partial charge >= 0.3 is 0 Å². The second kappa shape index (κ2) is 10.1. The molecule has 2 amide bonds. The quantitative estimate of drug-likeness (QED) is 0.615. The van der Waals surface area contributed by atoms with Crippen molar-refractivity contribution >= 4 is 24.2 Å². The minimum atomic E-state index is -0.430. The van der Waals surface area contributed by atoms with E-state index in [2.05, 4.69) is 10.6 Å². The molecule has 1 aromatic rings. The van der Waals surface area contributed by atoms with Crippen LogP contribution in [0.2, 0.25) is 0 Å². The van der Waals surface area contributed by atoms with Gasteiger partial charge in [-0.05, 0) is 37.1 Å². The standard InChI is InChI=1S/C16H23N3O4.ClH/c1-22-12-4-2-11(3-5-12)15(20)18-8-9-19-16(21)14-7-6-13(10-17)23-14;/h2-5,13-14H,6-10,17H2,1H3,(H,18,20)(H,19,21);1H/t13-,14+;/m1./s1. The third-order valence-electron chi connectivity index (χ3n) is 3.72. The summed E-state index contributed by atoms with van der Waals surface area (Å²) in [6.07, 6.45) is 1.04. The van der Waals surface area contributed by atoms with Gasteiger partial charge in [-0.25, -0.2) is 0 Å². The molecule has 24 heavy (non-hydrogen) atoms. The van der Waals surface area contributed by atoms with Crippen molar-refractivity contribution < 1.29 is 19.1 Å². The van der Waals surface area contributed by atoms with Gasteiger partial charge in [0.25, 0.3) is 5.91 Å². The third kappa shape index (κ3) is 5.67. The zero-order chi connectivity index (χ0) is 16.7. The van der Waals surface area contributed by atoms with E-state index in [1.165, 1.54) is 0 Å². The maximum absolute atomic E-state index is 11.9. The van der Waals surface area contributed by atoms with E-state index in [0.717, 1.165) is 6.42 Å². The number of nitrogens with one attached hydrogen (secondary N) is 2. The van der Waals surface area contributed by atoms with E-state index in [1.807, 2.05) is 0 Å². The zero-order valence-corrected chi connectivity index (χ0v) is 14.4. The smallest absolute Gasteiger partial charge is 0.251 e. The Morgan fingerprint density at radius 2 is 1.88 bits per heavy atom. The lowest BCUT2D eigenvalue weighted by atomic mass is 10.2. The highest BCUT2D eigenvalue weighted by Crippen LogP contribution is 2.18. The number of rotatable bonds is 7. The summed E-state index contributed by atoms with van der Waals surface area (Å²) in [5.74, 6) is 0.350. The summed E-state index contributed by atoms with van der Waals surface area (Å²) in [5, 5.41) is 5.50. The molecule has 0 spiro atoms. The fraction of sp³-hybridized carbons (Fsp3) is 0.500. The van der Waals surface area contributed by atoms with Gasteiger partial charge in [0.15, 0.2) is 0 Å². The van der Waals surface area contributed by atoms with Gasteiger partial charge in [-0.3, -0.25) is 9.59 Å². The lowest BCUT2D eigenvalue weighted by Crippen LogP contribution is -2.40. The summed E-state index contributed by atoms with van der Waals surface area (Å²) in [6, 6.07) is 6.82. The Hall–Kier alpha value is -1.83.